The second-order valence-electron chi connectivity index (χ2n) is 4.89. The molecular formula is C13H16F2N2O. The number of hydrogen-bond donors (Lipinski definition) is 1. The molecule has 1 fully saturated rings. The summed E-state index contributed by atoms with van der Waals surface area (Å²) in [6.45, 7) is 2.78. The Morgan fingerprint density at radius 3 is 2.83 bits per heavy atom. The van der Waals surface area contributed by atoms with E-state index in [4.69, 9.17) is 5.73 Å². The number of amides is 1. The van der Waals surface area contributed by atoms with Crippen LogP contribution >= 0.6 is 0 Å². The fraction of sp³-hybridized carbons (Fsp3) is 0.462. The summed E-state index contributed by atoms with van der Waals surface area (Å²) in [4.78, 5) is 13.8. The molecular weight excluding hydrogens is 238 g/mol. The standard InChI is InChI=1S/C13H16F2N2O/c1-13(8-16)5-2-6-17(13)12(18)10-4-3-9(14)7-11(10)15/h3-4,7H,2,5-6,8,16H2,1H3. The van der Waals surface area contributed by atoms with Gasteiger partial charge in [-0.05, 0) is 31.9 Å². The highest BCUT2D eigenvalue weighted by atomic mass is 19.1. The van der Waals surface area contributed by atoms with Crippen LogP contribution in [-0.4, -0.2) is 29.4 Å². The van der Waals surface area contributed by atoms with Gasteiger partial charge in [0.1, 0.15) is 11.6 Å². The number of hydrogen-bond acceptors (Lipinski definition) is 2. The van der Waals surface area contributed by atoms with Gasteiger partial charge in [-0.1, -0.05) is 0 Å². The van der Waals surface area contributed by atoms with Crippen LogP contribution in [0.1, 0.15) is 30.1 Å². The monoisotopic (exact) mass is 254 g/mol. The fourth-order valence-electron chi connectivity index (χ4n) is 2.39. The van der Waals surface area contributed by atoms with Crippen LogP contribution in [0.15, 0.2) is 18.2 Å². The quantitative estimate of drug-likeness (QED) is 0.876. The Bertz CT molecular complexity index is 478. The van der Waals surface area contributed by atoms with E-state index in [9.17, 15) is 13.6 Å². The summed E-state index contributed by atoms with van der Waals surface area (Å²) in [6, 6.07) is 3.00. The molecule has 1 atom stereocenters. The maximum Gasteiger partial charge on any atom is 0.257 e. The average Bonchev–Trinajstić information content (AvgIpc) is 2.71. The number of halogens is 2. The van der Waals surface area contributed by atoms with Crippen LogP contribution < -0.4 is 5.73 Å². The van der Waals surface area contributed by atoms with Gasteiger partial charge < -0.3 is 10.6 Å². The van der Waals surface area contributed by atoms with Crippen LogP contribution in [0.2, 0.25) is 0 Å². The summed E-state index contributed by atoms with van der Waals surface area (Å²) in [5.74, 6) is -1.93. The molecule has 5 heteroatoms. The molecule has 1 amide bonds. The van der Waals surface area contributed by atoms with Crippen molar-refractivity contribution in [2.24, 2.45) is 5.73 Å². The van der Waals surface area contributed by atoms with Gasteiger partial charge in [0.25, 0.3) is 5.91 Å². The first-order chi connectivity index (χ1) is 8.48. The van der Waals surface area contributed by atoms with E-state index in [1.54, 1.807) is 4.90 Å². The lowest BCUT2D eigenvalue weighted by Gasteiger charge is -2.34. The van der Waals surface area contributed by atoms with Crippen molar-refractivity contribution >= 4 is 5.91 Å². The highest BCUT2D eigenvalue weighted by molar-refractivity contribution is 5.95. The number of carbonyl (C=O) groups excluding carboxylic acids is 1. The minimum absolute atomic E-state index is 0.0991. The van der Waals surface area contributed by atoms with Crippen LogP contribution in [0.5, 0.6) is 0 Å². The summed E-state index contributed by atoms with van der Waals surface area (Å²) >= 11 is 0. The molecule has 0 spiro atoms. The number of rotatable bonds is 2. The predicted molar refractivity (Wildman–Crippen MR) is 64.1 cm³/mol. The summed E-state index contributed by atoms with van der Waals surface area (Å²) in [7, 11) is 0. The van der Waals surface area contributed by atoms with Crippen molar-refractivity contribution in [3.05, 3.63) is 35.4 Å². The van der Waals surface area contributed by atoms with Crippen molar-refractivity contribution in [1.29, 1.82) is 0 Å². The first kappa shape index (κ1) is 13.0. The van der Waals surface area contributed by atoms with Gasteiger partial charge in [-0.15, -0.1) is 0 Å². The van der Waals surface area contributed by atoms with Crippen molar-refractivity contribution < 1.29 is 13.6 Å². The van der Waals surface area contributed by atoms with Crippen LogP contribution in [-0.2, 0) is 0 Å². The molecule has 0 radical (unpaired) electrons. The zero-order valence-electron chi connectivity index (χ0n) is 10.2. The van der Waals surface area contributed by atoms with E-state index < -0.39 is 23.1 Å². The van der Waals surface area contributed by atoms with Crippen LogP contribution in [0, 0.1) is 11.6 Å². The summed E-state index contributed by atoms with van der Waals surface area (Å²) in [6.07, 6.45) is 1.65. The molecule has 0 bridgehead atoms. The number of nitrogens with two attached hydrogens (primary N) is 1. The summed E-state index contributed by atoms with van der Waals surface area (Å²) in [5, 5.41) is 0. The Kier molecular flexibility index (Phi) is 3.34. The van der Waals surface area contributed by atoms with E-state index in [0.717, 1.165) is 25.0 Å². The van der Waals surface area contributed by atoms with E-state index >= 15 is 0 Å². The fourth-order valence-corrected chi connectivity index (χ4v) is 2.39. The molecule has 98 valence electrons. The molecule has 2 N–H and O–H groups in total. The predicted octanol–water partition coefficient (Wildman–Crippen LogP) is 1.92. The maximum atomic E-state index is 13.6. The van der Waals surface area contributed by atoms with Crippen LogP contribution in [0.25, 0.3) is 0 Å². The lowest BCUT2D eigenvalue weighted by Crippen LogP contribution is -2.50. The van der Waals surface area contributed by atoms with Gasteiger partial charge in [0, 0.05) is 19.2 Å². The van der Waals surface area contributed by atoms with Gasteiger partial charge in [0.05, 0.1) is 11.1 Å². The lowest BCUT2D eigenvalue weighted by molar-refractivity contribution is 0.0632. The van der Waals surface area contributed by atoms with Crippen molar-refractivity contribution in [2.45, 2.75) is 25.3 Å². The largest absolute Gasteiger partial charge is 0.332 e. The van der Waals surface area contributed by atoms with Crippen molar-refractivity contribution in [2.75, 3.05) is 13.1 Å². The minimum Gasteiger partial charge on any atom is -0.332 e. The Morgan fingerprint density at radius 2 is 2.22 bits per heavy atom. The Hall–Kier alpha value is -1.49. The van der Waals surface area contributed by atoms with Gasteiger partial charge in [-0.3, -0.25) is 4.79 Å². The molecule has 0 aromatic heterocycles. The van der Waals surface area contributed by atoms with Gasteiger partial charge in [-0.25, -0.2) is 8.78 Å². The average molecular weight is 254 g/mol. The number of likely N-dealkylation sites (tertiary alicyclic amines) is 1. The van der Waals surface area contributed by atoms with Gasteiger partial charge in [-0.2, -0.15) is 0 Å². The zero-order chi connectivity index (χ0) is 13.3. The second-order valence-corrected chi connectivity index (χ2v) is 4.89. The first-order valence-corrected chi connectivity index (χ1v) is 5.95. The topological polar surface area (TPSA) is 46.3 Å². The lowest BCUT2D eigenvalue weighted by atomic mass is 9.98. The number of nitrogens with zero attached hydrogens (tertiary/aromatic N) is 1. The molecule has 1 heterocycles. The zero-order valence-corrected chi connectivity index (χ0v) is 10.2. The van der Waals surface area contributed by atoms with Crippen molar-refractivity contribution in [1.82, 2.24) is 4.90 Å². The molecule has 1 aliphatic rings. The molecule has 1 unspecified atom stereocenters. The third-order valence-corrected chi connectivity index (χ3v) is 3.60. The van der Waals surface area contributed by atoms with Crippen molar-refractivity contribution in [3.63, 3.8) is 0 Å². The molecule has 2 rings (SSSR count). The third kappa shape index (κ3) is 2.10. The number of carbonyl (C=O) groups is 1. The van der Waals surface area contributed by atoms with E-state index in [0.29, 0.717) is 13.1 Å². The van der Waals surface area contributed by atoms with E-state index in [-0.39, 0.29) is 5.56 Å². The Labute approximate surface area is 105 Å². The molecule has 18 heavy (non-hydrogen) atoms. The van der Waals surface area contributed by atoms with Gasteiger partial charge in [0.15, 0.2) is 0 Å². The molecule has 1 saturated heterocycles. The SMILES string of the molecule is CC1(CN)CCCN1C(=O)c1ccc(F)cc1F. The van der Waals surface area contributed by atoms with E-state index in [1.165, 1.54) is 6.07 Å². The molecule has 3 nitrogen and oxygen atoms in total. The highest BCUT2D eigenvalue weighted by Crippen LogP contribution is 2.30. The Morgan fingerprint density at radius 1 is 1.50 bits per heavy atom. The molecule has 1 aromatic carbocycles. The molecule has 1 aliphatic heterocycles. The number of benzene rings is 1. The maximum absolute atomic E-state index is 13.6. The van der Waals surface area contributed by atoms with Gasteiger partial charge in [0.2, 0.25) is 0 Å². The molecule has 0 aliphatic carbocycles. The first-order valence-electron chi connectivity index (χ1n) is 5.95. The van der Waals surface area contributed by atoms with Gasteiger partial charge >= 0.3 is 0 Å². The second kappa shape index (κ2) is 4.65. The Balaban J connectivity index is 2.31. The highest BCUT2D eigenvalue weighted by Gasteiger charge is 2.39. The van der Waals surface area contributed by atoms with E-state index in [1.807, 2.05) is 6.92 Å². The molecule has 1 aromatic rings. The summed E-state index contributed by atoms with van der Waals surface area (Å²) in [5.41, 5.74) is 5.16. The van der Waals surface area contributed by atoms with Crippen LogP contribution in [0.4, 0.5) is 8.78 Å². The smallest absolute Gasteiger partial charge is 0.257 e. The molecule has 0 saturated carbocycles. The van der Waals surface area contributed by atoms with Crippen molar-refractivity contribution in [3.8, 4) is 0 Å². The van der Waals surface area contributed by atoms with Crippen LogP contribution in [0.3, 0.4) is 0 Å². The normalized spacial score (nSPS) is 23.4. The third-order valence-electron chi connectivity index (χ3n) is 3.60. The minimum atomic E-state index is -0.828. The summed E-state index contributed by atoms with van der Waals surface area (Å²) < 4.78 is 26.4. The van der Waals surface area contributed by atoms with E-state index in [2.05, 4.69) is 0 Å².